The number of pyridine rings is 1. The standard InChI is InChI=1S/C15H15N3S/c1-10-5-6-14(19-10)15(18-16)12-4-2-3-11-7-8-17-9-13(11)12/h2-9,15,18H,16H2,1H3. The van der Waals surface area contributed by atoms with Crippen molar-refractivity contribution in [3.05, 3.63) is 64.1 Å². The summed E-state index contributed by atoms with van der Waals surface area (Å²) in [6.07, 6.45) is 3.71. The largest absolute Gasteiger partial charge is 0.271 e. The molecule has 4 heteroatoms. The molecule has 0 saturated heterocycles. The second-order valence-corrected chi connectivity index (χ2v) is 5.81. The third-order valence-corrected chi connectivity index (χ3v) is 4.31. The molecule has 1 atom stereocenters. The summed E-state index contributed by atoms with van der Waals surface area (Å²) in [6, 6.07) is 12.5. The lowest BCUT2D eigenvalue weighted by Crippen LogP contribution is -2.28. The minimum absolute atomic E-state index is 0.00611. The van der Waals surface area contributed by atoms with Crippen LogP contribution in [0.4, 0.5) is 0 Å². The molecule has 96 valence electrons. The Labute approximate surface area is 116 Å². The molecule has 0 aliphatic heterocycles. The second-order valence-electron chi connectivity index (χ2n) is 4.49. The third kappa shape index (κ3) is 2.26. The Morgan fingerprint density at radius 1 is 1.21 bits per heavy atom. The van der Waals surface area contributed by atoms with Crippen LogP contribution in [0.25, 0.3) is 10.8 Å². The summed E-state index contributed by atoms with van der Waals surface area (Å²) in [5.41, 5.74) is 4.08. The highest BCUT2D eigenvalue weighted by Crippen LogP contribution is 2.31. The summed E-state index contributed by atoms with van der Waals surface area (Å²) >= 11 is 1.76. The fourth-order valence-electron chi connectivity index (χ4n) is 2.32. The van der Waals surface area contributed by atoms with Crippen molar-refractivity contribution in [2.75, 3.05) is 0 Å². The van der Waals surface area contributed by atoms with Gasteiger partial charge >= 0.3 is 0 Å². The lowest BCUT2D eigenvalue weighted by Gasteiger charge is -2.16. The predicted molar refractivity (Wildman–Crippen MR) is 80.0 cm³/mol. The van der Waals surface area contributed by atoms with Gasteiger partial charge in [-0.25, -0.2) is 5.43 Å². The van der Waals surface area contributed by atoms with E-state index in [1.807, 2.05) is 18.5 Å². The van der Waals surface area contributed by atoms with Gasteiger partial charge in [0.15, 0.2) is 0 Å². The molecule has 0 bridgehead atoms. The van der Waals surface area contributed by atoms with E-state index in [0.717, 1.165) is 10.9 Å². The number of thiophene rings is 1. The van der Waals surface area contributed by atoms with Crippen LogP contribution in [-0.4, -0.2) is 4.98 Å². The fraction of sp³-hybridized carbons (Fsp3) is 0.133. The maximum absolute atomic E-state index is 5.77. The molecule has 0 aliphatic rings. The number of hydrogen-bond donors (Lipinski definition) is 2. The van der Waals surface area contributed by atoms with Crippen LogP contribution in [0.2, 0.25) is 0 Å². The number of fused-ring (bicyclic) bond motifs is 1. The molecule has 0 spiro atoms. The zero-order valence-electron chi connectivity index (χ0n) is 10.6. The van der Waals surface area contributed by atoms with Crippen LogP contribution in [0.15, 0.2) is 48.8 Å². The Balaban J connectivity index is 2.16. The lowest BCUT2D eigenvalue weighted by molar-refractivity contribution is 0.650. The van der Waals surface area contributed by atoms with Gasteiger partial charge in [-0.15, -0.1) is 11.3 Å². The number of benzene rings is 1. The van der Waals surface area contributed by atoms with Gasteiger partial charge in [0.05, 0.1) is 6.04 Å². The minimum Gasteiger partial charge on any atom is -0.271 e. The first kappa shape index (κ1) is 12.3. The van der Waals surface area contributed by atoms with Gasteiger partial charge in [0.1, 0.15) is 0 Å². The SMILES string of the molecule is Cc1ccc(C(NN)c2cccc3ccncc23)s1. The van der Waals surface area contributed by atoms with Gasteiger partial charge in [-0.05, 0) is 36.1 Å². The normalized spacial score (nSPS) is 12.7. The third-order valence-electron chi connectivity index (χ3n) is 3.24. The highest BCUT2D eigenvalue weighted by atomic mass is 32.1. The summed E-state index contributed by atoms with van der Waals surface area (Å²) in [7, 11) is 0. The van der Waals surface area contributed by atoms with E-state index >= 15 is 0 Å². The van der Waals surface area contributed by atoms with Crippen molar-refractivity contribution in [3.63, 3.8) is 0 Å². The quantitative estimate of drug-likeness (QED) is 0.567. The van der Waals surface area contributed by atoms with E-state index in [1.54, 1.807) is 11.3 Å². The van der Waals surface area contributed by atoms with Crippen molar-refractivity contribution < 1.29 is 0 Å². The molecule has 0 radical (unpaired) electrons. The second kappa shape index (κ2) is 5.09. The Bertz CT molecular complexity index is 700. The maximum atomic E-state index is 5.77. The Kier molecular flexibility index (Phi) is 3.29. The first-order chi connectivity index (χ1) is 9.29. The molecule has 3 nitrogen and oxygen atoms in total. The fourth-order valence-corrected chi connectivity index (χ4v) is 3.28. The molecular weight excluding hydrogens is 254 g/mol. The molecule has 3 aromatic rings. The highest BCUT2D eigenvalue weighted by Gasteiger charge is 2.16. The van der Waals surface area contributed by atoms with Crippen molar-refractivity contribution in [1.29, 1.82) is 0 Å². The Morgan fingerprint density at radius 3 is 2.84 bits per heavy atom. The van der Waals surface area contributed by atoms with Crippen LogP contribution in [0.3, 0.4) is 0 Å². The van der Waals surface area contributed by atoms with Gasteiger partial charge in [-0.2, -0.15) is 0 Å². The number of nitrogens with two attached hydrogens (primary N) is 1. The zero-order valence-corrected chi connectivity index (χ0v) is 11.4. The number of aryl methyl sites for hydroxylation is 1. The van der Waals surface area contributed by atoms with E-state index in [4.69, 9.17) is 5.84 Å². The van der Waals surface area contributed by atoms with E-state index in [0.29, 0.717) is 0 Å². The van der Waals surface area contributed by atoms with Gasteiger partial charge in [0.25, 0.3) is 0 Å². The van der Waals surface area contributed by atoms with E-state index in [2.05, 4.69) is 47.7 Å². The molecule has 1 unspecified atom stereocenters. The molecule has 1 aromatic carbocycles. The predicted octanol–water partition coefficient (Wildman–Crippen LogP) is 3.16. The van der Waals surface area contributed by atoms with Gasteiger partial charge in [-0.3, -0.25) is 10.8 Å². The molecule has 2 heterocycles. The Hall–Kier alpha value is -1.75. The minimum atomic E-state index is 0.00611. The zero-order chi connectivity index (χ0) is 13.2. The maximum Gasteiger partial charge on any atom is 0.0809 e. The Morgan fingerprint density at radius 2 is 2.11 bits per heavy atom. The summed E-state index contributed by atoms with van der Waals surface area (Å²) in [4.78, 5) is 6.73. The first-order valence-electron chi connectivity index (χ1n) is 6.14. The van der Waals surface area contributed by atoms with Crippen molar-refractivity contribution in [2.45, 2.75) is 13.0 Å². The molecule has 19 heavy (non-hydrogen) atoms. The number of hydrogen-bond acceptors (Lipinski definition) is 4. The summed E-state index contributed by atoms with van der Waals surface area (Å²) in [5, 5.41) is 2.32. The number of nitrogens with zero attached hydrogens (tertiary/aromatic N) is 1. The van der Waals surface area contributed by atoms with Crippen molar-refractivity contribution in [2.24, 2.45) is 5.84 Å². The summed E-state index contributed by atoms with van der Waals surface area (Å²) < 4.78 is 0. The highest BCUT2D eigenvalue weighted by molar-refractivity contribution is 7.12. The molecule has 3 rings (SSSR count). The van der Waals surface area contributed by atoms with Crippen molar-refractivity contribution in [3.8, 4) is 0 Å². The van der Waals surface area contributed by atoms with Crippen LogP contribution in [-0.2, 0) is 0 Å². The van der Waals surface area contributed by atoms with E-state index in [9.17, 15) is 0 Å². The van der Waals surface area contributed by atoms with Crippen LogP contribution in [0.1, 0.15) is 21.4 Å². The molecule has 2 aromatic heterocycles. The van der Waals surface area contributed by atoms with Crippen LogP contribution in [0.5, 0.6) is 0 Å². The van der Waals surface area contributed by atoms with E-state index < -0.39 is 0 Å². The number of rotatable bonds is 3. The van der Waals surface area contributed by atoms with Gasteiger partial charge in [-0.1, -0.05) is 18.2 Å². The van der Waals surface area contributed by atoms with Gasteiger partial charge in [0, 0.05) is 27.5 Å². The van der Waals surface area contributed by atoms with Gasteiger partial charge in [0.2, 0.25) is 0 Å². The van der Waals surface area contributed by atoms with Crippen LogP contribution < -0.4 is 11.3 Å². The molecular formula is C15H15N3S. The average molecular weight is 269 g/mol. The number of nitrogens with one attached hydrogen (secondary N) is 1. The van der Waals surface area contributed by atoms with Crippen LogP contribution >= 0.6 is 11.3 Å². The molecule has 0 saturated carbocycles. The van der Waals surface area contributed by atoms with Gasteiger partial charge < -0.3 is 0 Å². The summed E-state index contributed by atoms with van der Waals surface area (Å²) in [5.74, 6) is 5.77. The van der Waals surface area contributed by atoms with E-state index in [-0.39, 0.29) is 6.04 Å². The monoisotopic (exact) mass is 269 g/mol. The lowest BCUT2D eigenvalue weighted by atomic mass is 10.00. The average Bonchev–Trinajstić information content (AvgIpc) is 2.86. The first-order valence-corrected chi connectivity index (χ1v) is 6.96. The van der Waals surface area contributed by atoms with E-state index in [1.165, 1.54) is 15.1 Å². The van der Waals surface area contributed by atoms with Crippen LogP contribution in [0, 0.1) is 6.92 Å². The van der Waals surface area contributed by atoms with Crippen molar-refractivity contribution in [1.82, 2.24) is 10.4 Å². The number of aromatic nitrogens is 1. The molecule has 3 N–H and O–H groups in total. The molecule has 0 fully saturated rings. The molecule has 0 amide bonds. The van der Waals surface area contributed by atoms with Crippen molar-refractivity contribution >= 4 is 22.1 Å². The number of hydrazine groups is 1. The molecule has 0 aliphatic carbocycles. The summed E-state index contributed by atoms with van der Waals surface area (Å²) in [6.45, 7) is 2.10. The topological polar surface area (TPSA) is 50.9 Å². The smallest absolute Gasteiger partial charge is 0.0809 e.